The second kappa shape index (κ2) is 8.19. The lowest BCUT2D eigenvalue weighted by atomic mass is 10.1. The molecule has 11 heteroatoms. The average Bonchev–Trinajstić information content (AvgIpc) is 3.16. The molecule has 3 rings (SSSR count). The summed E-state index contributed by atoms with van der Waals surface area (Å²) in [5.41, 5.74) is 7.14. The number of rotatable bonds is 6. The average molecular weight is 430 g/mol. The van der Waals surface area contributed by atoms with Gasteiger partial charge in [0.25, 0.3) is 5.89 Å². The molecule has 3 aromatic rings. The minimum atomic E-state index is -3.37. The number of nitrogen functional groups attached to an aromatic ring is 1. The minimum Gasteiger partial charge on any atom is -0.401 e. The molecule has 0 spiro atoms. The van der Waals surface area contributed by atoms with E-state index < -0.39 is 15.1 Å². The Kier molecular flexibility index (Phi) is 5.83. The van der Waals surface area contributed by atoms with Crippen LogP contribution < -0.4 is 11.1 Å². The van der Waals surface area contributed by atoms with Crippen LogP contribution in [0.4, 0.5) is 11.8 Å². The Labute approximate surface area is 173 Å². The number of hydrogen-bond acceptors (Lipinski definition) is 9. The number of sulfone groups is 1. The van der Waals surface area contributed by atoms with Crippen molar-refractivity contribution in [3.8, 4) is 22.8 Å². The summed E-state index contributed by atoms with van der Waals surface area (Å²) in [5.74, 6) is -0.450. The number of carbonyl (C=O) groups excluding carboxylic acids is 1. The van der Waals surface area contributed by atoms with Gasteiger partial charge in [0.05, 0.1) is 22.0 Å². The number of benzene rings is 1. The molecule has 3 N–H and O–H groups in total. The third-order valence-corrected chi connectivity index (χ3v) is 6.45. The Hall–Kier alpha value is -3.34. The molecule has 0 aliphatic heterocycles. The third-order valence-electron chi connectivity index (χ3n) is 4.28. The number of amides is 1. The molecule has 1 aromatic carbocycles. The molecule has 30 heavy (non-hydrogen) atoms. The largest absolute Gasteiger partial charge is 0.401 e. The lowest BCUT2D eigenvalue weighted by molar-refractivity contribution is -0.119. The molecule has 0 atom stereocenters. The van der Waals surface area contributed by atoms with Crippen molar-refractivity contribution < 1.29 is 17.6 Å². The molecule has 2 aromatic heterocycles. The Bertz CT molecular complexity index is 1170. The molecule has 158 valence electrons. The fraction of sp³-hybridized carbons (Fsp3) is 0.316. The Morgan fingerprint density at radius 3 is 2.37 bits per heavy atom. The van der Waals surface area contributed by atoms with Gasteiger partial charge in [-0.15, -0.1) is 5.10 Å². The van der Waals surface area contributed by atoms with Gasteiger partial charge in [-0.1, -0.05) is 31.1 Å². The highest BCUT2D eigenvalue weighted by Crippen LogP contribution is 2.27. The van der Waals surface area contributed by atoms with Crippen molar-refractivity contribution in [3.05, 3.63) is 30.5 Å². The van der Waals surface area contributed by atoms with E-state index in [0.29, 0.717) is 11.3 Å². The summed E-state index contributed by atoms with van der Waals surface area (Å²) in [6.07, 6.45) is 1.46. The van der Waals surface area contributed by atoms with Gasteiger partial charge in [-0.25, -0.2) is 18.4 Å². The highest BCUT2D eigenvalue weighted by molar-refractivity contribution is 7.92. The van der Waals surface area contributed by atoms with Crippen molar-refractivity contribution in [2.24, 2.45) is 5.92 Å². The van der Waals surface area contributed by atoms with Crippen molar-refractivity contribution in [2.45, 2.75) is 37.8 Å². The normalized spacial score (nSPS) is 11.8. The number of nitrogens with one attached hydrogen (secondary N) is 1. The van der Waals surface area contributed by atoms with Crippen LogP contribution in [0.15, 0.2) is 39.8 Å². The summed E-state index contributed by atoms with van der Waals surface area (Å²) in [5, 5.41) is 9.62. The van der Waals surface area contributed by atoms with Gasteiger partial charge >= 0.3 is 6.01 Å². The zero-order chi connectivity index (χ0) is 22.1. The van der Waals surface area contributed by atoms with Gasteiger partial charge in [0.1, 0.15) is 0 Å². The lowest BCUT2D eigenvalue weighted by Crippen LogP contribution is -2.17. The molecule has 10 nitrogen and oxygen atoms in total. The first-order valence-electron chi connectivity index (χ1n) is 9.21. The molecule has 1 amide bonds. The number of hydrogen-bond donors (Lipinski definition) is 2. The fourth-order valence-corrected chi connectivity index (χ4v) is 3.46. The van der Waals surface area contributed by atoms with Crippen LogP contribution in [-0.4, -0.2) is 39.7 Å². The van der Waals surface area contributed by atoms with Crippen LogP contribution in [0.1, 0.15) is 27.7 Å². The zero-order valence-electron chi connectivity index (χ0n) is 16.9. The van der Waals surface area contributed by atoms with E-state index in [9.17, 15) is 13.2 Å². The Morgan fingerprint density at radius 2 is 1.77 bits per heavy atom. The van der Waals surface area contributed by atoms with E-state index in [2.05, 4.69) is 25.5 Å². The molecule has 2 heterocycles. The van der Waals surface area contributed by atoms with E-state index in [-0.39, 0.29) is 40.1 Å². The first-order chi connectivity index (χ1) is 14.1. The zero-order valence-corrected chi connectivity index (χ0v) is 17.8. The number of aromatic nitrogens is 4. The number of anilines is 2. The van der Waals surface area contributed by atoms with Crippen LogP contribution in [0, 0.1) is 5.92 Å². The monoisotopic (exact) mass is 430 g/mol. The first-order valence-corrected chi connectivity index (χ1v) is 10.8. The fourth-order valence-electron chi connectivity index (χ4n) is 2.40. The van der Waals surface area contributed by atoms with Crippen LogP contribution in [-0.2, 0) is 14.6 Å². The van der Waals surface area contributed by atoms with Crippen molar-refractivity contribution >= 4 is 27.6 Å². The molecule has 0 aliphatic rings. The predicted octanol–water partition coefficient (Wildman–Crippen LogP) is 2.55. The maximum atomic E-state index is 12.3. The molecular formula is C19H22N6O4S. The van der Waals surface area contributed by atoms with E-state index >= 15 is 0 Å². The number of nitrogens with zero attached hydrogens (tertiary/aromatic N) is 4. The van der Waals surface area contributed by atoms with Crippen molar-refractivity contribution in [1.82, 2.24) is 20.2 Å². The van der Waals surface area contributed by atoms with Crippen molar-refractivity contribution in [1.29, 1.82) is 0 Å². The Morgan fingerprint density at radius 1 is 1.10 bits per heavy atom. The molecule has 0 fully saturated rings. The van der Waals surface area contributed by atoms with Gasteiger partial charge in [0.2, 0.25) is 5.91 Å². The van der Waals surface area contributed by atoms with E-state index in [1.54, 1.807) is 39.8 Å². The van der Waals surface area contributed by atoms with Crippen molar-refractivity contribution in [3.63, 3.8) is 0 Å². The van der Waals surface area contributed by atoms with Crippen LogP contribution in [0.2, 0.25) is 0 Å². The molecule has 0 radical (unpaired) electrons. The van der Waals surface area contributed by atoms with E-state index in [4.69, 9.17) is 10.2 Å². The van der Waals surface area contributed by atoms with Gasteiger partial charge in [0, 0.05) is 11.5 Å². The summed E-state index contributed by atoms with van der Waals surface area (Å²) < 4.78 is 30.0. The van der Waals surface area contributed by atoms with Gasteiger partial charge in [-0.2, -0.15) is 0 Å². The standard InChI is InChI=1S/C19H22N6O4S/c1-10(2)17(26)23-19-25-24-18(29-19)15-16(20)21-9-14(22-15)12-5-7-13(8-6-12)30(27,28)11(3)4/h5-11H,1-4H3,(H2,20,21)(H,23,25,26). The molecule has 0 saturated carbocycles. The van der Waals surface area contributed by atoms with Gasteiger partial charge in [-0.05, 0) is 26.0 Å². The molecule has 0 bridgehead atoms. The van der Waals surface area contributed by atoms with Crippen LogP contribution >= 0.6 is 0 Å². The molecule has 0 saturated heterocycles. The second-order valence-corrected chi connectivity index (χ2v) is 9.67. The summed E-state index contributed by atoms with van der Waals surface area (Å²) in [7, 11) is -3.37. The molecule has 0 unspecified atom stereocenters. The summed E-state index contributed by atoms with van der Waals surface area (Å²) >= 11 is 0. The first kappa shape index (κ1) is 21.4. The highest BCUT2D eigenvalue weighted by Gasteiger charge is 2.20. The van der Waals surface area contributed by atoms with E-state index in [0.717, 1.165) is 0 Å². The lowest BCUT2D eigenvalue weighted by Gasteiger charge is -2.09. The second-order valence-electron chi connectivity index (χ2n) is 7.16. The number of carbonyl (C=O) groups is 1. The maximum Gasteiger partial charge on any atom is 0.322 e. The van der Waals surface area contributed by atoms with Gasteiger partial charge < -0.3 is 10.2 Å². The molecular weight excluding hydrogens is 408 g/mol. The maximum absolute atomic E-state index is 12.3. The van der Waals surface area contributed by atoms with E-state index in [1.807, 2.05) is 0 Å². The summed E-state index contributed by atoms with van der Waals surface area (Å²) in [4.78, 5) is 20.5. The van der Waals surface area contributed by atoms with Crippen LogP contribution in [0.25, 0.3) is 22.8 Å². The predicted molar refractivity (Wildman–Crippen MR) is 111 cm³/mol. The van der Waals surface area contributed by atoms with E-state index in [1.165, 1.54) is 18.3 Å². The molecule has 0 aliphatic carbocycles. The van der Waals surface area contributed by atoms with Crippen LogP contribution in [0.5, 0.6) is 0 Å². The van der Waals surface area contributed by atoms with Gasteiger partial charge in [-0.3, -0.25) is 10.1 Å². The topological polar surface area (TPSA) is 154 Å². The Balaban J connectivity index is 1.91. The SMILES string of the molecule is CC(C)C(=O)Nc1nnc(-c2nc(-c3ccc(S(=O)(=O)C(C)C)cc3)cnc2N)o1. The quantitative estimate of drug-likeness (QED) is 0.600. The smallest absolute Gasteiger partial charge is 0.322 e. The minimum absolute atomic E-state index is 0.0000816. The van der Waals surface area contributed by atoms with Crippen LogP contribution in [0.3, 0.4) is 0 Å². The highest BCUT2D eigenvalue weighted by atomic mass is 32.2. The van der Waals surface area contributed by atoms with Gasteiger partial charge in [0.15, 0.2) is 21.3 Å². The van der Waals surface area contributed by atoms with Crippen molar-refractivity contribution in [2.75, 3.05) is 11.1 Å². The number of nitrogens with two attached hydrogens (primary N) is 1. The summed E-state index contributed by atoms with van der Waals surface area (Å²) in [6.45, 7) is 6.72. The third kappa shape index (κ3) is 4.30. The summed E-state index contributed by atoms with van der Waals surface area (Å²) in [6, 6.07) is 6.25.